The van der Waals surface area contributed by atoms with Gasteiger partial charge < -0.3 is 10.1 Å². The third-order valence-electron chi connectivity index (χ3n) is 2.61. The summed E-state index contributed by atoms with van der Waals surface area (Å²) in [5, 5.41) is 9.16. The average molecular weight is 216 g/mol. The Morgan fingerprint density at radius 2 is 2.25 bits per heavy atom. The van der Waals surface area contributed by atoms with Crippen molar-refractivity contribution in [3.63, 3.8) is 0 Å². The van der Waals surface area contributed by atoms with E-state index in [1.165, 1.54) is 18.4 Å². The molecule has 1 heterocycles. The quantitative estimate of drug-likeness (QED) is 0.824. The van der Waals surface area contributed by atoms with Crippen LogP contribution >= 0.6 is 0 Å². The van der Waals surface area contributed by atoms with E-state index >= 15 is 0 Å². The molecule has 0 saturated heterocycles. The van der Waals surface area contributed by atoms with Gasteiger partial charge in [-0.25, -0.2) is 0 Å². The van der Waals surface area contributed by atoms with E-state index in [1.807, 2.05) is 12.1 Å². The summed E-state index contributed by atoms with van der Waals surface area (Å²) in [6.45, 7) is 2.19. The largest absolute Gasteiger partial charge is 0.480 e. The van der Waals surface area contributed by atoms with Crippen molar-refractivity contribution in [3.8, 4) is 17.3 Å². The number of aromatic nitrogens is 2. The van der Waals surface area contributed by atoms with E-state index in [4.69, 9.17) is 5.11 Å². The van der Waals surface area contributed by atoms with Crippen molar-refractivity contribution < 1.29 is 5.11 Å². The number of nitrogens with one attached hydrogen (secondary N) is 1. The molecule has 1 aromatic heterocycles. The highest BCUT2D eigenvalue weighted by molar-refractivity contribution is 5.59. The Balaban J connectivity index is 2.22. The Hall–Kier alpha value is -1.77. The molecule has 0 amide bonds. The summed E-state index contributed by atoms with van der Waals surface area (Å²) in [5.74, 6) is 0. The predicted octanol–water partition coefficient (Wildman–Crippen LogP) is 3.12. The van der Waals surface area contributed by atoms with Crippen LogP contribution in [0.3, 0.4) is 0 Å². The summed E-state index contributed by atoms with van der Waals surface area (Å²) in [6, 6.07) is 8.27. The lowest BCUT2D eigenvalue weighted by Crippen LogP contribution is -1.86. The number of imidazole rings is 1. The molecule has 0 bridgehead atoms. The van der Waals surface area contributed by atoms with Crippen LogP contribution in [0.2, 0.25) is 0 Å². The van der Waals surface area contributed by atoms with Crippen LogP contribution in [0.15, 0.2) is 30.5 Å². The Morgan fingerprint density at radius 1 is 1.38 bits per heavy atom. The molecule has 0 saturated carbocycles. The molecule has 0 aliphatic carbocycles. The van der Waals surface area contributed by atoms with Crippen LogP contribution in [0.5, 0.6) is 6.01 Å². The van der Waals surface area contributed by atoms with Gasteiger partial charge in [0.25, 0.3) is 6.01 Å². The fourth-order valence-electron chi connectivity index (χ4n) is 1.73. The number of aromatic hydroxyl groups is 1. The summed E-state index contributed by atoms with van der Waals surface area (Å²) in [5.41, 5.74) is 3.16. The van der Waals surface area contributed by atoms with Crippen molar-refractivity contribution in [1.82, 2.24) is 9.97 Å². The summed E-state index contributed by atoms with van der Waals surface area (Å²) < 4.78 is 0. The zero-order valence-electron chi connectivity index (χ0n) is 9.40. The minimum Gasteiger partial charge on any atom is -0.480 e. The second kappa shape index (κ2) is 4.84. The topological polar surface area (TPSA) is 48.9 Å². The minimum absolute atomic E-state index is 0.0334. The molecule has 16 heavy (non-hydrogen) atoms. The van der Waals surface area contributed by atoms with Gasteiger partial charge >= 0.3 is 0 Å². The predicted molar refractivity (Wildman–Crippen MR) is 64.3 cm³/mol. The van der Waals surface area contributed by atoms with E-state index in [0.717, 1.165) is 17.7 Å². The molecule has 84 valence electrons. The molecule has 3 nitrogen and oxygen atoms in total. The standard InChI is InChI=1S/C13H16N2O/c1-2-3-5-10-6-4-7-11(8-10)12-9-14-13(16)15-12/h4,6-9H,2-3,5H2,1H3,(H2,14,15,16). The summed E-state index contributed by atoms with van der Waals surface area (Å²) in [6.07, 6.45) is 5.22. The van der Waals surface area contributed by atoms with Crippen molar-refractivity contribution >= 4 is 0 Å². The molecule has 2 aromatic rings. The van der Waals surface area contributed by atoms with E-state index in [-0.39, 0.29) is 6.01 Å². The Morgan fingerprint density at radius 3 is 2.94 bits per heavy atom. The lowest BCUT2D eigenvalue weighted by atomic mass is 10.0. The van der Waals surface area contributed by atoms with E-state index in [0.29, 0.717) is 0 Å². The number of hydrogen-bond donors (Lipinski definition) is 2. The molecule has 0 radical (unpaired) electrons. The molecule has 3 heteroatoms. The molecule has 0 aliphatic rings. The molecule has 0 unspecified atom stereocenters. The minimum atomic E-state index is -0.0334. The van der Waals surface area contributed by atoms with E-state index < -0.39 is 0 Å². The highest BCUT2D eigenvalue weighted by atomic mass is 16.3. The van der Waals surface area contributed by atoms with Crippen LogP contribution in [0, 0.1) is 0 Å². The van der Waals surface area contributed by atoms with Crippen molar-refractivity contribution in [2.75, 3.05) is 0 Å². The Labute approximate surface area is 95.2 Å². The number of rotatable bonds is 4. The van der Waals surface area contributed by atoms with Crippen molar-refractivity contribution in [2.24, 2.45) is 0 Å². The lowest BCUT2D eigenvalue weighted by Gasteiger charge is -2.02. The van der Waals surface area contributed by atoms with Gasteiger partial charge in [-0.05, 0) is 24.5 Å². The van der Waals surface area contributed by atoms with Crippen LogP contribution in [0.4, 0.5) is 0 Å². The third-order valence-corrected chi connectivity index (χ3v) is 2.61. The fraction of sp³-hybridized carbons (Fsp3) is 0.308. The summed E-state index contributed by atoms with van der Waals surface area (Å²) in [4.78, 5) is 6.68. The van der Waals surface area contributed by atoms with Gasteiger partial charge in [0.15, 0.2) is 0 Å². The number of benzene rings is 1. The molecule has 0 fully saturated rings. The molecular formula is C13H16N2O. The molecule has 0 atom stereocenters. The molecular weight excluding hydrogens is 200 g/mol. The lowest BCUT2D eigenvalue weighted by molar-refractivity contribution is 0.437. The van der Waals surface area contributed by atoms with Crippen LogP contribution in [-0.2, 0) is 6.42 Å². The number of unbranched alkanes of at least 4 members (excludes halogenated alkanes) is 1. The van der Waals surface area contributed by atoms with Crippen LogP contribution in [0.25, 0.3) is 11.3 Å². The zero-order chi connectivity index (χ0) is 11.4. The average Bonchev–Trinajstić information content (AvgIpc) is 2.74. The van der Waals surface area contributed by atoms with Crippen LogP contribution in [-0.4, -0.2) is 15.1 Å². The highest BCUT2D eigenvalue weighted by Gasteiger charge is 2.03. The maximum Gasteiger partial charge on any atom is 0.291 e. The number of nitrogens with zero attached hydrogens (tertiary/aromatic N) is 1. The molecule has 2 N–H and O–H groups in total. The van der Waals surface area contributed by atoms with Crippen molar-refractivity contribution in [3.05, 3.63) is 36.0 Å². The van der Waals surface area contributed by atoms with Gasteiger partial charge in [0.1, 0.15) is 0 Å². The van der Waals surface area contributed by atoms with Crippen molar-refractivity contribution in [2.45, 2.75) is 26.2 Å². The SMILES string of the molecule is CCCCc1cccc(-c2c[nH]c(O)n2)c1. The van der Waals surface area contributed by atoms with Gasteiger partial charge in [-0.15, -0.1) is 0 Å². The maximum atomic E-state index is 9.16. The molecule has 0 spiro atoms. The number of aryl methyl sites for hydroxylation is 1. The van der Waals surface area contributed by atoms with Gasteiger partial charge in [0, 0.05) is 11.8 Å². The van der Waals surface area contributed by atoms with Gasteiger partial charge in [0.2, 0.25) is 0 Å². The van der Waals surface area contributed by atoms with Crippen LogP contribution < -0.4 is 0 Å². The van der Waals surface area contributed by atoms with Gasteiger partial charge in [-0.1, -0.05) is 31.5 Å². The van der Waals surface area contributed by atoms with Crippen LogP contribution in [0.1, 0.15) is 25.3 Å². The number of H-pyrrole nitrogens is 1. The second-order valence-electron chi connectivity index (χ2n) is 3.91. The first-order valence-electron chi connectivity index (χ1n) is 5.63. The van der Waals surface area contributed by atoms with E-state index in [2.05, 4.69) is 29.0 Å². The Kier molecular flexibility index (Phi) is 3.25. The molecule has 1 aromatic carbocycles. The summed E-state index contributed by atoms with van der Waals surface area (Å²) in [7, 11) is 0. The molecule has 0 aliphatic heterocycles. The zero-order valence-corrected chi connectivity index (χ0v) is 9.40. The molecule has 2 rings (SSSR count). The van der Waals surface area contributed by atoms with Gasteiger partial charge in [-0.3, -0.25) is 0 Å². The first-order chi connectivity index (χ1) is 7.79. The van der Waals surface area contributed by atoms with E-state index in [1.54, 1.807) is 6.20 Å². The highest BCUT2D eigenvalue weighted by Crippen LogP contribution is 2.20. The second-order valence-corrected chi connectivity index (χ2v) is 3.91. The number of aromatic amines is 1. The first kappa shape index (κ1) is 10.7. The Bertz CT molecular complexity index is 462. The van der Waals surface area contributed by atoms with Gasteiger partial charge in [0.05, 0.1) is 5.69 Å². The fourth-order valence-corrected chi connectivity index (χ4v) is 1.73. The smallest absolute Gasteiger partial charge is 0.291 e. The van der Waals surface area contributed by atoms with Crippen molar-refractivity contribution in [1.29, 1.82) is 0 Å². The first-order valence-corrected chi connectivity index (χ1v) is 5.63. The van der Waals surface area contributed by atoms with E-state index in [9.17, 15) is 0 Å². The maximum absolute atomic E-state index is 9.16. The summed E-state index contributed by atoms with van der Waals surface area (Å²) >= 11 is 0. The normalized spacial score (nSPS) is 10.6. The third kappa shape index (κ3) is 2.42. The number of hydrogen-bond acceptors (Lipinski definition) is 2. The monoisotopic (exact) mass is 216 g/mol. The van der Waals surface area contributed by atoms with Gasteiger partial charge in [-0.2, -0.15) is 4.98 Å².